The fraction of sp³-hybridized carbons (Fsp3) is 0.300. The van der Waals surface area contributed by atoms with Gasteiger partial charge in [0.15, 0.2) is 0 Å². The molecule has 0 saturated carbocycles. The van der Waals surface area contributed by atoms with Crippen molar-refractivity contribution < 1.29 is 4.79 Å². The zero-order valence-electron chi connectivity index (χ0n) is 7.42. The van der Waals surface area contributed by atoms with Crippen LogP contribution >= 0.6 is 0 Å². The number of rotatable bonds is 3. The maximum atomic E-state index is 10.4. The molecule has 0 bridgehead atoms. The Morgan fingerprint density at radius 2 is 2.25 bits per heavy atom. The molecule has 0 heterocycles. The lowest BCUT2D eigenvalue weighted by atomic mass is 10.0. The van der Waals surface area contributed by atoms with E-state index < -0.39 is 0 Å². The minimum Gasteiger partial charge on any atom is -0.388 e. The van der Waals surface area contributed by atoms with Gasteiger partial charge in [0.05, 0.1) is 0 Å². The summed E-state index contributed by atoms with van der Waals surface area (Å²) >= 11 is 0. The fourth-order valence-electron chi connectivity index (χ4n) is 1.29. The van der Waals surface area contributed by atoms with E-state index in [-0.39, 0.29) is 0 Å². The predicted octanol–water partition coefficient (Wildman–Crippen LogP) is 1.78. The quantitative estimate of drug-likeness (QED) is 0.688. The molecule has 0 aliphatic rings. The van der Waals surface area contributed by atoms with Crippen LogP contribution in [0.3, 0.4) is 0 Å². The van der Waals surface area contributed by atoms with E-state index in [1.165, 1.54) is 0 Å². The summed E-state index contributed by atoms with van der Waals surface area (Å²) in [5.41, 5.74) is 3.30. The van der Waals surface area contributed by atoms with E-state index in [2.05, 4.69) is 5.32 Å². The number of carbonyl (C=O) groups excluding carboxylic acids is 1. The molecule has 1 aromatic carbocycles. The summed E-state index contributed by atoms with van der Waals surface area (Å²) in [6, 6.07) is 5.97. The molecular formula is C10H13NO. The Morgan fingerprint density at radius 1 is 1.50 bits per heavy atom. The Balaban J connectivity index is 3.10. The predicted molar refractivity (Wildman–Crippen MR) is 50.5 cm³/mol. The van der Waals surface area contributed by atoms with Crippen LogP contribution in [-0.4, -0.2) is 13.3 Å². The van der Waals surface area contributed by atoms with Crippen LogP contribution in [0, 0.1) is 6.92 Å². The molecule has 1 rings (SSSR count). The van der Waals surface area contributed by atoms with E-state index in [1.54, 1.807) is 0 Å². The first-order valence-electron chi connectivity index (χ1n) is 3.99. The molecule has 2 nitrogen and oxygen atoms in total. The molecule has 0 unspecified atom stereocenters. The van der Waals surface area contributed by atoms with Crippen molar-refractivity contribution in [2.24, 2.45) is 0 Å². The zero-order valence-corrected chi connectivity index (χ0v) is 7.42. The van der Waals surface area contributed by atoms with Gasteiger partial charge >= 0.3 is 0 Å². The Morgan fingerprint density at radius 3 is 2.83 bits per heavy atom. The van der Waals surface area contributed by atoms with Crippen molar-refractivity contribution in [3.63, 3.8) is 0 Å². The van der Waals surface area contributed by atoms with Gasteiger partial charge in [-0.15, -0.1) is 0 Å². The average Bonchev–Trinajstić information content (AvgIpc) is 2.09. The SMILES string of the molecule is CNc1cccc(C)c1CC=O. The lowest BCUT2D eigenvalue weighted by molar-refractivity contribution is -0.107. The summed E-state index contributed by atoms with van der Waals surface area (Å²) < 4.78 is 0. The minimum atomic E-state index is 0.489. The number of hydrogen-bond acceptors (Lipinski definition) is 2. The molecule has 2 heteroatoms. The molecule has 0 spiro atoms. The van der Waals surface area contributed by atoms with Crippen LogP contribution in [0.25, 0.3) is 0 Å². The van der Waals surface area contributed by atoms with E-state index in [4.69, 9.17) is 0 Å². The van der Waals surface area contributed by atoms with E-state index in [1.807, 2.05) is 32.2 Å². The molecule has 0 saturated heterocycles. The number of aldehydes is 1. The normalized spacial score (nSPS) is 9.50. The number of aryl methyl sites for hydroxylation is 1. The number of nitrogens with one attached hydrogen (secondary N) is 1. The van der Waals surface area contributed by atoms with Crippen molar-refractivity contribution in [2.75, 3.05) is 12.4 Å². The lowest BCUT2D eigenvalue weighted by Gasteiger charge is -2.08. The highest BCUT2D eigenvalue weighted by Crippen LogP contribution is 2.18. The van der Waals surface area contributed by atoms with Gasteiger partial charge in [-0.05, 0) is 24.1 Å². The van der Waals surface area contributed by atoms with Crippen molar-refractivity contribution in [2.45, 2.75) is 13.3 Å². The van der Waals surface area contributed by atoms with Gasteiger partial charge in [0.1, 0.15) is 6.29 Å². The average molecular weight is 163 g/mol. The third kappa shape index (κ3) is 1.64. The molecule has 0 aliphatic carbocycles. The monoisotopic (exact) mass is 163 g/mol. The fourth-order valence-corrected chi connectivity index (χ4v) is 1.29. The first kappa shape index (κ1) is 8.78. The zero-order chi connectivity index (χ0) is 8.97. The van der Waals surface area contributed by atoms with Crippen LogP contribution in [-0.2, 0) is 11.2 Å². The second-order valence-electron chi connectivity index (χ2n) is 2.72. The van der Waals surface area contributed by atoms with Crippen molar-refractivity contribution in [3.8, 4) is 0 Å². The van der Waals surface area contributed by atoms with Crippen molar-refractivity contribution in [3.05, 3.63) is 29.3 Å². The molecular weight excluding hydrogens is 150 g/mol. The molecule has 0 atom stereocenters. The Hall–Kier alpha value is -1.31. The summed E-state index contributed by atoms with van der Waals surface area (Å²) in [5, 5.41) is 3.06. The number of carbonyl (C=O) groups is 1. The van der Waals surface area contributed by atoms with E-state index in [9.17, 15) is 4.79 Å². The second kappa shape index (κ2) is 3.90. The maximum absolute atomic E-state index is 10.4. The van der Waals surface area contributed by atoms with E-state index in [0.717, 1.165) is 23.1 Å². The summed E-state index contributed by atoms with van der Waals surface area (Å²) in [6.07, 6.45) is 1.42. The molecule has 12 heavy (non-hydrogen) atoms. The Labute approximate surface area is 72.6 Å². The van der Waals surface area contributed by atoms with Gasteiger partial charge in [-0.2, -0.15) is 0 Å². The van der Waals surface area contributed by atoms with Gasteiger partial charge < -0.3 is 10.1 Å². The van der Waals surface area contributed by atoms with Crippen LogP contribution in [0.15, 0.2) is 18.2 Å². The van der Waals surface area contributed by atoms with E-state index >= 15 is 0 Å². The smallest absolute Gasteiger partial charge is 0.124 e. The van der Waals surface area contributed by atoms with Gasteiger partial charge in [0.2, 0.25) is 0 Å². The summed E-state index contributed by atoms with van der Waals surface area (Å²) in [4.78, 5) is 10.4. The summed E-state index contributed by atoms with van der Waals surface area (Å²) in [5.74, 6) is 0. The molecule has 0 aromatic heterocycles. The van der Waals surface area contributed by atoms with Gasteiger partial charge in [-0.1, -0.05) is 12.1 Å². The maximum Gasteiger partial charge on any atom is 0.124 e. The van der Waals surface area contributed by atoms with Gasteiger partial charge in [0.25, 0.3) is 0 Å². The molecule has 64 valence electrons. The van der Waals surface area contributed by atoms with Gasteiger partial charge in [-0.25, -0.2) is 0 Å². The first-order valence-corrected chi connectivity index (χ1v) is 3.99. The number of anilines is 1. The van der Waals surface area contributed by atoms with Crippen LogP contribution in [0.2, 0.25) is 0 Å². The molecule has 0 fully saturated rings. The lowest BCUT2D eigenvalue weighted by Crippen LogP contribution is -1.98. The Bertz CT molecular complexity index is 281. The summed E-state index contributed by atoms with van der Waals surface area (Å²) in [7, 11) is 1.86. The standard InChI is InChI=1S/C10H13NO/c1-8-4-3-5-10(11-2)9(8)6-7-12/h3-5,7,11H,6H2,1-2H3. The van der Waals surface area contributed by atoms with Crippen LogP contribution in [0.5, 0.6) is 0 Å². The highest BCUT2D eigenvalue weighted by molar-refractivity contribution is 5.64. The third-order valence-electron chi connectivity index (χ3n) is 1.97. The molecule has 0 amide bonds. The molecule has 0 aliphatic heterocycles. The second-order valence-corrected chi connectivity index (χ2v) is 2.72. The topological polar surface area (TPSA) is 29.1 Å². The highest BCUT2D eigenvalue weighted by atomic mass is 16.1. The largest absolute Gasteiger partial charge is 0.388 e. The molecule has 1 N–H and O–H groups in total. The van der Waals surface area contributed by atoms with Crippen molar-refractivity contribution in [1.82, 2.24) is 0 Å². The minimum absolute atomic E-state index is 0.489. The van der Waals surface area contributed by atoms with Crippen LogP contribution in [0.1, 0.15) is 11.1 Å². The van der Waals surface area contributed by atoms with Crippen molar-refractivity contribution >= 4 is 12.0 Å². The first-order chi connectivity index (χ1) is 5.79. The van der Waals surface area contributed by atoms with Gasteiger partial charge in [0, 0.05) is 19.2 Å². The van der Waals surface area contributed by atoms with Crippen LogP contribution < -0.4 is 5.32 Å². The Kier molecular flexibility index (Phi) is 2.86. The number of benzene rings is 1. The molecule has 0 radical (unpaired) electrons. The van der Waals surface area contributed by atoms with Crippen molar-refractivity contribution in [1.29, 1.82) is 0 Å². The molecule has 1 aromatic rings. The van der Waals surface area contributed by atoms with Crippen LogP contribution in [0.4, 0.5) is 5.69 Å². The highest BCUT2D eigenvalue weighted by Gasteiger charge is 2.01. The number of hydrogen-bond donors (Lipinski definition) is 1. The van der Waals surface area contributed by atoms with E-state index in [0.29, 0.717) is 6.42 Å². The van der Waals surface area contributed by atoms with Gasteiger partial charge in [-0.3, -0.25) is 0 Å². The summed E-state index contributed by atoms with van der Waals surface area (Å²) in [6.45, 7) is 2.01. The third-order valence-corrected chi connectivity index (χ3v) is 1.97.